The maximum absolute atomic E-state index is 5.70. The van der Waals surface area contributed by atoms with Gasteiger partial charge in [0.05, 0.1) is 5.69 Å². The number of hydrogen-bond acceptors (Lipinski definition) is 4. The minimum Gasteiger partial charge on any atom is -0.396 e. The Hall–Kier alpha value is -1.29. The number of nitrogens with two attached hydrogens (primary N) is 2. The van der Waals surface area contributed by atoms with Crippen molar-refractivity contribution in [3.63, 3.8) is 0 Å². The second-order valence-electron chi connectivity index (χ2n) is 2.67. The van der Waals surface area contributed by atoms with E-state index < -0.39 is 0 Å². The van der Waals surface area contributed by atoms with Crippen LogP contribution in [0.5, 0.6) is 0 Å². The van der Waals surface area contributed by atoms with Crippen LogP contribution in [0, 0.1) is 6.92 Å². The van der Waals surface area contributed by atoms with Crippen LogP contribution in [-0.4, -0.2) is 18.1 Å². The van der Waals surface area contributed by atoms with E-state index in [2.05, 4.69) is 10.3 Å². The molecule has 1 aromatic heterocycles. The van der Waals surface area contributed by atoms with Gasteiger partial charge in [0.2, 0.25) is 0 Å². The van der Waals surface area contributed by atoms with Gasteiger partial charge in [0.25, 0.3) is 0 Å². The van der Waals surface area contributed by atoms with Gasteiger partial charge in [-0.1, -0.05) is 0 Å². The first kappa shape index (κ1) is 8.80. The van der Waals surface area contributed by atoms with E-state index in [1.54, 1.807) is 6.20 Å². The van der Waals surface area contributed by atoms with Gasteiger partial charge in [-0.2, -0.15) is 0 Å². The van der Waals surface area contributed by atoms with Crippen molar-refractivity contribution >= 4 is 11.5 Å². The molecule has 0 atom stereocenters. The zero-order valence-electron chi connectivity index (χ0n) is 7.17. The molecule has 5 N–H and O–H groups in total. The molecule has 0 saturated heterocycles. The molecule has 0 aliphatic carbocycles. The van der Waals surface area contributed by atoms with Crippen LogP contribution in [0.15, 0.2) is 12.3 Å². The first-order valence-corrected chi connectivity index (χ1v) is 3.90. The summed E-state index contributed by atoms with van der Waals surface area (Å²) in [5.74, 6) is 0.714. The summed E-state index contributed by atoms with van der Waals surface area (Å²) in [7, 11) is 0. The molecular weight excluding hydrogens is 152 g/mol. The molecular formula is C8H14N4. The summed E-state index contributed by atoms with van der Waals surface area (Å²) < 4.78 is 0. The standard InChI is InChI=1S/C8H14N4/c1-6-4-7(10)8(12-5-6)11-3-2-9/h4-5H,2-3,9-10H2,1H3,(H,11,12). The molecule has 1 aromatic rings. The zero-order chi connectivity index (χ0) is 8.97. The van der Waals surface area contributed by atoms with Crippen LogP contribution in [0.25, 0.3) is 0 Å². The lowest BCUT2D eigenvalue weighted by atomic mass is 10.3. The summed E-state index contributed by atoms with van der Waals surface area (Å²) in [4.78, 5) is 4.12. The van der Waals surface area contributed by atoms with Crippen molar-refractivity contribution in [2.75, 3.05) is 24.1 Å². The van der Waals surface area contributed by atoms with Crippen LogP contribution in [0.2, 0.25) is 0 Å². The maximum atomic E-state index is 5.70. The van der Waals surface area contributed by atoms with Crippen LogP contribution < -0.4 is 16.8 Å². The maximum Gasteiger partial charge on any atom is 0.149 e. The highest BCUT2D eigenvalue weighted by Gasteiger charge is 1.97. The third-order valence-corrected chi connectivity index (χ3v) is 1.49. The molecule has 4 nitrogen and oxygen atoms in total. The SMILES string of the molecule is Cc1cnc(NCCN)c(N)c1. The Kier molecular flexibility index (Phi) is 2.88. The molecule has 0 spiro atoms. The predicted molar refractivity (Wildman–Crippen MR) is 50.9 cm³/mol. The smallest absolute Gasteiger partial charge is 0.149 e. The van der Waals surface area contributed by atoms with Gasteiger partial charge in [-0.3, -0.25) is 0 Å². The van der Waals surface area contributed by atoms with Gasteiger partial charge >= 0.3 is 0 Å². The monoisotopic (exact) mass is 166 g/mol. The average Bonchev–Trinajstić information content (AvgIpc) is 2.03. The van der Waals surface area contributed by atoms with Crippen molar-refractivity contribution in [3.05, 3.63) is 17.8 Å². The highest BCUT2D eigenvalue weighted by atomic mass is 15.0. The number of pyridine rings is 1. The lowest BCUT2D eigenvalue weighted by Gasteiger charge is -2.06. The Labute approximate surface area is 72.0 Å². The number of aromatic nitrogens is 1. The molecule has 0 aliphatic rings. The van der Waals surface area contributed by atoms with Crippen molar-refractivity contribution in [1.82, 2.24) is 4.98 Å². The van der Waals surface area contributed by atoms with E-state index in [-0.39, 0.29) is 0 Å². The van der Waals surface area contributed by atoms with Crippen molar-refractivity contribution in [2.24, 2.45) is 5.73 Å². The zero-order valence-corrected chi connectivity index (χ0v) is 7.17. The van der Waals surface area contributed by atoms with E-state index in [4.69, 9.17) is 11.5 Å². The van der Waals surface area contributed by atoms with Crippen LogP contribution in [0.1, 0.15) is 5.56 Å². The van der Waals surface area contributed by atoms with Gasteiger partial charge in [-0.15, -0.1) is 0 Å². The molecule has 0 radical (unpaired) electrons. The summed E-state index contributed by atoms with van der Waals surface area (Å²) in [6, 6.07) is 1.88. The molecule has 0 aliphatic heterocycles. The van der Waals surface area contributed by atoms with Gasteiger partial charge < -0.3 is 16.8 Å². The van der Waals surface area contributed by atoms with E-state index in [0.29, 0.717) is 24.6 Å². The molecule has 0 fully saturated rings. The summed E-state index contributed by atoms with van der Waals surface area (Å²) >= 11 is 0. The van der Waals surface area contributed by atoms with Crippen molar-refractivity contribution in [1.29, 1.82) is 0 Å². The number of nitrogens with zero attached hydrogens (tertiary/aromatic N) is 1. The Morgan fingerprint density at radius 2 is 2.33 bits per heavy atom. The number of nitrogen functional groups attached to an aromatic ring is 1. The lowest BCUT2D eigenvalue weighted by molar-refractivity contribution is 1.01. The molecule has 0 saturated carbocycles. The first-order valence-electron chi connectivity index (χ1n) is 3.90. The van der Waals surface area contributed by atoms with E-state index >= 15 is 0 Å². The number of nitrogens with one attached hydrogen (secondary N) is 1. The number of aryl methyl sites for hydroxylation is 1. The third-order valence-electron chi connectivity index (χ3n) is 1.49. The number of anilines is 2. The Morgan fingerprint density at radius 1 is 1.58 bits per heavy atom. The van der Waals surface area contributed by atoms with Crippen molar-refractivity contribution < 1.29 is 0 Å². The predicted octanol–water partition coefficient (Wildman–Crippen LogP) is 0.343. The minimum absolute atomic E-state index is 0.578. The third kappa shape index (κ3) is 2.10. The fraction of sp³-hybridized carbons (Fsp3) is 0.375. The summed E-state index contributed by atoms with van der Waals surface area (Å²) in [6.07, 6.45) is 1.77. The highest BCUT2D eigenvalue weighted by molar-refractivity contribution is 5.61. The molecule has 0 bridgehead atoms. The van der Waals surface area contributed by atoms with E-state index in [1.807, 2.05) is 13.0 Å². The first-order chi connectivity index (χ1) is 5.74. The normalized spacial score (nSPS) is 9.83. The Morgan fingerprint density at radius 3 is 2.92 bits per heavy atom. The second-order valence-corrected chi connectivity index (χ2v) is 2.67. The van der Waals surface area contributed by atoms with E-state index in [0.717, 1.165) is 5.56 Å². The van der Waals surface area contributed by atoms with Crippen LogP contribution >= 0.6 is 0 Å². The largest absolute Gasteiger partial charge is 0.396 e. The lowest BCUT2D eigenvalue weighted by Crippen LogP contribution is -2.14. The molecule has 1 rings (SSSR count). The molecule has 1 heterocycles. The highest BCUT2D eigenvalue weighted by Crippen LogP contribution is 2.14. The van der Waals surface area contributed by atoms with Gasteiger partial charge in [0, 0.05) is 19.3 Å². The average molecular weight is 166 g/mol. The Bertz CT molecular complexity index is 259. The van der Waals surface area contributed by atoms with Gasteiger partial charge in [-0.05, 0) is 18.6 Å². The molecule has 0 amide bonds. The van der Waals surface area contributed by atoms with E-state index in [1.165, 1.54) is 0 Å². The summed E-state index contributed by atoms with van der Waals surface area (Å²) in [5.41, 5.74) is 12.8. The fourth-order valence-electron chi connectivity index (χ4n) is 0.930. The molecule has 12 heavy (non-hydrogen) atoms. The van der Waals surface area contributed by atoms with Crippen LogP contribution in [-0.2, 0) is 0 Å². The summed E-state index contributed by atoms with van der Waals surface area (Å²) in [6.45, 7) is 3.23. The Balaban J connectivity index is 2.72. The quantitative estimate of drug-likeness (QED) is 0.605. The molecule has 66 valence electrons. The van der Waals surface area contributed by atoms with Crippen molar-refractivity contribution in [2.45, 2.75) is 6.92 Å². The second kappa shape index (κ2) is 3.92. The van der Waals surface area contributed by atoms with Crippen molar-refractivity contribution in [3.8, 4) is 0 Å². The van der Waals surface area contributed by atoms with Crippen LogP contribution in [0.3, 0.4) is 0 Å². The van der Waals surface area contributed by atoms with E-state index in [9.17, 15) is 0 Å². The van der Waals surface area contributed by atoms with Crippen LogP contribution in [0.4, 0.5) is 11.5 Å². The summed E-state index contributed by atoms with van der Waals surface area (Å²) in [5, 5.41) is 3.03. The molecule has 0 aromatic carbocycles. The number of rotatable bonds is 3. The van der Waals surface area contributed by atoms with Gasteiger partial charge in [0.15, 0.2) is 0 Å². The van der Waals surface area contributed by atoms with Gasteiger partial charge in [0.1, 0.15) is 5.82 Å². The molecule has 4 heteroatoms. The molecule has 0 unspecified atom stereocenters. The minimum atomic E-state index is 0.578. The topological polar surface area (TPSA) is 77.0 Å². The van der Waals surface area contributed by atoms with Gasteiger partial charge in [-0.25, -0.2) is 4.98 Å². The number of hydrogen-bond donors (Lipinski definition) is 3. The fourth-order valence-corrected chi connectivity index (χ4v) is 0.930.